The zero-order chi connectivity index (χ0) is 11.8. The largest absolute Gasteiger partial charge is 0.493 e. The smallest absolute Gasteiger partial charge is 0.163 e. The van der Waals surface area contributed by atoms with Crippen molar-refractivity contribution in [3.63, 3.8) is 0 Å². The normalized spacial score (nSPS) is 10.2. The average Bonchev–Trinajstić information content (AvgIpc) is 2.34. The Kier molecular flexibility index (Phi) is 5.72. The fourth-order valence-electron chi connectivity index (χ4n) is 1.79. The maximum Gasteiger partial charge on any atom is 0.163 e. The minimum absolute atomic E-state index is 0.773. The molecule has 1 aromatic carbocycles. The highest BCUT2D eigenvalue weighted by molar-refractivity contribution is 5.46. The number of rotatable bonds is 7. The average molecular weight is 223 g/mol. The quantitative estimate of drug-likeness (QED) is 0.722. The van der Waals surface area contributed by atoms with Crippen LogP contribution in [0, 0.1) is 0 Å². The van der Waals surface area contributed by atoms with Crippen molar-refractivity contribution in [2.24, 2.45) is 5.73 Å². The monoisotopic (exact) mass is 223 g/mol. The Morgan fingerprint density at radius 2 is 1.88 bits per heavy atom. The van der Waals surface area contributed by atoms with Gasteiger partial charge in [-0.05, 0) is 37.4 Å². The van der Waals surface area contributed by atoms with E-state index < -0.39 is 0 Å². The summed E-state index contributed by atoms with van der Waals surface area (Å²) >= 11 is 0. The molecule has 3 heteroatoms. The third kappa shape index (κ3) is 3.42. The Balaban J connectivity index is 2.63. The number of nitrogens with two attached hydrogens (primary N) is 1. The standard InChI is InChI=1S/C13H21NO2/c1-15-12-9-6-8-11(13(12)16-2)7-4-3-5-10-14/h6,8-9H,3-5,7,10,14H2,1-2H3. The number of hydrogen-bond acceptors (Lipinski definition) is 3. The van der Waals surface area contributed by atoms with Crippen LogP contribution in [0.25, 0.3) is 0 Å². The van der Waals surface area contributed by atoms with Gasteiger partial charge in [0.25, 0.3) is 0 Å². The zero-order valence-corrected chi connectivity index (χ0v) is 10.2. The topological polar surface area (TPSA) is 44.5 Å². The van der Waals surface area contributed by atoms with Gasteiger partial charge in [-0.3, -0.25) is 0 Å². The van der Waals surface area contributed by atoms with Crippen molar-refractivity contribution < 1.29 is 9.47 Å². The summed E-state index contributed by atoms with van der Waals surface area (Å²) in [7, 11) is 3.34. The Morgan fingerprint density at radius 3 is 2.50 bits per heavy atom. The first kappa shape index (κ1) is 12.8. The molecule has 0 aliphatic heterocycles. The van der Waals surface area contributed by atoms with Crippen molar-refractivity contribution in [1.29, 1.82) is 0 Å². The summed E-state index contributed by atoms with van der Waals surface area (Å²) in [6.07, 6.45) is 4.41. The molecule has 2 N–H and O–H groups in total. The Bertz CT molecular complexity index is 313. The van der Waals surface area contributed by atoms with Gasteiger partial charge in [0.15, 0.2) is 11.5 Å². The first-order valence-corrected chi connectivity index (χ1v) is 5.73. The van der Waals surface area contributed by atoms with E-state index >= 15 is 0 Å². The molecule has 3 nitrogen and oxygen atoms in total. The van der Waals surface area contributed by atoms with Crippen molar-refractivity contribution in [2.45, 2.75) is 25.7 Å². The summed E-state index contributed by atoms with van der Waals surface area (Å²) in [4.78, 5) is 0. The predicted molar refractivity (Wildman–Crippen MR) is 66.2 cm³/mol. The van der Waals surface area contributed by atoms with Gasteiger partial charge in [0.05, 0.1) is 14.2 Å². The van der Waals surface area contributed by atoms with Crippen LogP contribution >= 0.6 is 0 Å². The second kappa shape index (κ2) is 7.12. The van der Waals surface area contributed by atoms with Gasteiger partial charge in [-0.25, -0.2) is 0 Å². The SMILES string of the molecule is COc1cccc(CCCCCN)c1OC. The van der Waals surface area contributed by atoms with E-state index in [9.17, 15) is 0 Å². The number of para-hydroxylation sites is 1. The van der Waals surface area contributed by atoms with E-state index in [2.05, 4.69) is 6.07 Å². The Hall–Kier alpha value is -1.22. The summed E-state index contributed by atoms with van der Waals surface area (Å²) in [6, 6.07) is 6.01. The van der Waals surface area contributed by atoms with Crippen molar-refractivity contribution in [3.05, 3.63) is 23.8 Å². The van der Waals surface area contributed by atoms with Crippen molar-refractivity contribution in [3.8, 4) is 11.5 Å². The molecule has 0 bridgehead atoms. The minimum Gasteiger partial charge on any atom is -0.493 e. The highest BCUT2D eigenvalue weighted by atomic mass is 16.5. The molecule has 0 fully saturated rings. The Morgan fingerprint density at radius 1 is 1.06 bits per heavy atom. The molecular weight excluding hydrogens is 202 g/mol. The predicted octanol–water partition coefficient (Wildman–Crippen LogP) is 2.38. The van der Waals surface area contributed by atoms with E-state index in [4.69, 9.17) is 15.2 Å². The lowest BCUT2D eigenvalue weighted by Crippen LogP contribution is -1.99. The van der Waals surface area contributed by atoms with Crippen LogP contribution in [0.5, 0.6) is 11.5 Å². The lowest BCUT2D eigenvalue weighted by atomic mass is 10.1. The van der Waals surface area contributed by atoms with E-state index in [-0.39, 0.29) is 0 Å². The summed E-state index contributed by atoms with van der Waals surface area (Å²) in [5.74, 6) is 1.66. The third-order valence-corrected chi connectivity index (χ3v) is 2.63. The van der Waals surface area contributed by atoms with E-state index in [1.807, 2.05) is 12.1 Å². The molecule has 0 unspecified atom stereocenters. The minimum atomic E-state index is 0.773. The molecule has 0 radical (unpaired) electrons. The number of aryl methyl sites for hydroxylation is 1. The molecule has 0 aliphatic rings. The van der Waals surface area contributed by atoms with Gasteiger partial charge < -0.3 is 15.2 Å². The number of hydrogen-bond donors (Lipinski definition) is 1. The first-order valence-electron chi connectivity index (χ1n) is 5.73. The van der Waals surface area contributed by atoms with Gasteiger partial charge in [-0.1, -0.05) is 18.6 Å². The molecule has 0 aromatic heterocycles. The van der Waals surface area contributed by atoms with E-state index in [1.54, 1.807) is 14.2 Å². The van der Waals surface area contributed by atoms with Crippen molar-refractivity contribution in [1.82, 2.24) is 0 Å². The lowest BCUT2D eigenvalue weighted by Gasteiger charge is -2.12. The molecule has 1 rings (SSSR count). The molecule has 0 aliphatic carbocycles. The molecule has 0 saturated heterocycles. The van der Waals surface area contributed by atoms with Gasteiger partial charge in [0.1, 0.15) is 0 Å². The fraction of sp³-hybridized carbons (Fsp3) is 0.538. The summed E-state index contributed by atoms with van der Waals surface area (Å²) in [6.45, 7) is 0.773. The van der Waals surface area contributed by atoms with Crippen LogP contribution in [0.15, 0.2) is 18.2 Å². The van der Waals surface area contributed by atoms with Crippen molar-refractivity contribution in [2.75, 3.05) is 20.8 Å². The first-order chi connectivity index (χ1) is 7.83. The second-order valence-corrected chi connectivity index (χ2v) is 3.75. The van der Waals surface area contributed by atoms with Crippen molar-refractivity contribution >= 4 is 0 Å². The molecule has 16 heavy (non-hydrogen) atoms. The molecule has 90 valence electrons. The summed E-state index contributed by atoms with van der Waals surface area (Å²) in [5.41, 5.74) is 6.67. The van der Waals surface area contributed by atoms with E-state index in [0.29, 0.717) is 0 Å². The number of benzene rings is 1. The zero-order valence-electron chi connectivity index (χ0n) is 10.2. The molecule has 0 atom stereocenters. The van der Waals surface area contributed by atoms with Crippen LogP contribution in [-0.4, -0.2) is 20.8 Å². The third-order valence-electron chi connectivity index (χ3n) is 2.63. The molecule has 0 saturated carbocycles. The van der Waals surface area contributed by atoms with E-state index in [1.165, 1.54) is 5.56 Å². The van der Waals surface area contributed by atoms with Crippen LogP contribution in [0.3, 0.4) is 0 Å². The molecule has 1 aromatic rings. The summed E-state index contributed by atoms with van der Waals surface area (Å²) < 4.78 is 10.6. The molecular formula is C13H21NO2. The Labute approximate surface area is 97.6 Å². The highest BCUT2D eigenvalue weighted by Crippen LogP contribution is 2.31. The van der Waals surface area contributed by atoms with Crippen LogP contribution < -0.4 is 15.2 Å². The van der Waals surface area contributed by atoms with Crippen LogP contribution in [-0.2, 0) is 6.42 Å². The highest BCUT2D eigenvalue weighted by Gasteiger charge is 2.08. The maximum atomic E-state index is 5.46. The van der Waals surface area contributed by atoms with Crippen LogP contribution in [0.1, 0.15) is 24.8 Å². The maximum absolute atomic E-state index is 5.46. The van der Waals surface area contributed by atoms with Gasteiger partial charge in [0.2, 0.25) is 0 Å². The second-order valence-electron chi connectivity index (χ2n) is 3.75. The van der Waals surface area contributed by atoms with Crippen LogP contribution in [0.4, 0.5) is 0 Å². The van der Waals surface area contributed by atoms with E-state index in [0.717, 1.165) is 43.7 Å². The van der Waals surface area contributed by atoms with Gasteiger partial charge in [-0.15, -0.1) is 0 Å². The number of unbranched alkanes of at least 4 members (excludes halogenated alkanes) is 2. The molecule has 0 amide bonds. The van der Waals surface area contributed by atoms with Gasteiger partial charge >= 0.3 is 0 Å². The van der Waals surface area contributed by atoms with Gasteiger partial charge in [0, 0.05) is 0 Å². The molecule has 0 spiro atoms. The van der Waals surface area contributed by atoms with Crippen LogP contribution in [0.2, 0.25) is 0 Å². The summed E-state index contributed by atoms with van der Waals surface area (Å²) in [5, 5.41) is 0. The molecule has 0 heterocycles. The lowest BCUT2D eigenvalue weighted by molar-refractivity contribution is 0.351. The fourth-order valence-corrected chi connectivity index (χ4v) is 1.79. The number of methoxy groups -OCH3 is 2. The number of ether oxygens (including phenoxy) is 2. The van der Waals surface area contributed by atoms with Gasteiger partial charge in [-0.2, -0.15) is 0 Å².